The second kappa shape index (κ2) is 20.7. The Morgan fingerprint density at radius 1 is 0.500 bits per heavy atom. The van der Waals surface area contributed by atoms with E-state index in [4.69, 9.17) is 10.5 Å². The lowest BCUT2D eigenvalue weighted by Gasteiger charge is -2.32. The van der Waals surface area contributed by atoms with Gasteiger partial charge in [-0.1, -0.05) is 203 Å². The first kappa shape index (κ1) is 46.6. The highest BCUT2D eigenvalue weighted by Crippen LogP contribution is 2.55. The topological polar surface area (TPSA) is 49.6 Å². The average Bonchev–Trinajstić information content (AvgIpc) is 1.54. The van der Waals surface area contributed by atoms with E-state index in [2.05, 4.69) is 209 Å². The van der Waals surface area contributed by atoms with E-state index >= 15 is 0 Å². The number of pyridine rings is 1. The van der Waals surface area contributed by atoms with Crippen molar-refractivity contribution in [1.82, 2.24) is 4.98 Å². The lowest BCUT2D eigenvalue weighted by Crippen LogP contribution is -2.26. The normalized spacial score (nSPS) is 14.2. The SMILES string of the molecule is [2H]c1c([2H])c([2H])c(-c2cccc(-c3cc(C(C)(C)C)cc(C(C)(C)C)c3)c2N2CN(c3cc(N(c4ccccc4)c4ccc5c(c4)N(c4cc(C([2H])(C)C)ccn4)c4ccc(C#N)cc4-c4ccccc4-5)cc(C(C)(C)C)c3)c3ccccc32)c([2H])c1[2H]. The summed E-state index contributed by atoms with van der Waals surface area (Å²) >= 11 is 0. The van der Waals surface area contributed by atoms with Crippen LogP contribution in [0.3, 0.4) is 0 Å². The van der Waals surface area contributed by atoms with E-state index in [-0.39, 0.29) is 46.0 Å². The molecule has 0 fully saturated rings. The predicted molar refractivity (Wildman–Crippen MR) is 346 cm³/mol. The van der Waals surface area contributed by atoms with Crippen LogP contribution in [0.25, 0.3) is 44.5 Å². The molecule has 0 radical (unpaired) electrons. The van der Waals surface area contributed by atoms with E-state index in [1.54, 1.807) is 6.20 Å². The fraction of sp³-hybridized carbons (Fsp3) is 0.211. The highest BCUT2D eigenvalue weighted by Gasteiger charge is 2.35. The van der Waals surface area contributed by atoms with Crippen molar-refractivity contribution in [2.24, 2.45) is 0 Å². The van der Waals surface area contributed by atoms with E-state index in [9.17, 15) is 8.00 Å². The largest absolute Gasteiger partial charge is 0.321 e. The van der Waals surface area contributed by atoms with Crippen molar-refractivity contribution in [3.8, 4) is 50.6 Å². The van der Waals surface area contributed by atoms with Gasteiger partial charge in [0.2, 0.25) is 0 Å². The summed E-state index contributed by atoms with van der Waals surface area (Å²) in [4.78, 5) is 14.1. The van der Waals surface area contributed by atoms with Gasteiger partial charge in [-0.3, -0.25) is 4.90 Å². The Morgan fingerprint density at radius 3 is 1.77 bits per heavy atom. The molecule has 9 aromatic carbocycles. The fourth-order valence-electron chi connectivity index (χ4n) is 11.5. The molecule has 82 heavy (non-hydrogen) atoms. The Balaban J connectivity index is 1.09. The van der Waals surface area contributed by atoms with Crippen LogP contribution in [0.15, 0.2) is 218 Å². The van der Waals surface area contributed by atoms with Crippen molar-refractivity contribution < 1.29 is 8.22 Å². The summed E-state index contributed by atoms with van der Waals surface area (Å²) in [5.41, 5.74) is 18.3. The monoisotopic (exact) mass is 1070 g/mol. The van der Waals surface area contributed by atoms with Gasteiger partial charge in [0, 0.05) is 52.6 Å². The molecule has 10 aromatic rings. The van der Waals surface area contributed by atoms with Crippen molar-refractivity contribution in [2.75, 3.05) is 26.3 Å². The molecule has 0 unspecified atom stereocenters. The van der Waals surface area contributed by atoms with E-state index in [0.717, 1.165) is 107 Å². The zero-order valence-electron chi connectivity index (χ0n) is 54.8. The maximum Gasteiger partial charge on any atom is 0.137 e. The highest BCUT2D eigenvalue weighted by molar-refractivity contribution is 6.04. The third-order valence-electron chi connectivity index (χ3n) is 16.1. The highest BCUT2D eigenvalue weighted by atomic mass is 15.4. The molecule has 2 aliphatic heterocycles. The van der Waals surface area contributed by atoms with Gasteiger partial charge in [-0.2, -0.15) is 5.26 Å². The zero-order chi connectivity index (χ0) is 62.5. The first-order chi connectivity index (χ1) is 41.7. The van der Waals surface area contributed by atoms with Crippen molar-refractivity contribution in [3.63, 3.8) is 0 Å². The van der Waals surface area contributed by atoms with Crippen LogP contribution in [-0.2, 0) is 16.2 Å². The lowest BCUT2D eigenvalue weighted by molar-refractivity contribution is 0.569. The minimum Gasteiger partial charge on any atom is -0.321 e. The van der Waals surface area contributed by atoms with Gasteiger partial charge in [0.1, 0.15) is 12.5 Å². The Morgan fingerprint density at radius 2 is 1.11 bits per heavy atom. The van der Waals surface area contributed by atoms with Crippen molar-refractivity contribution in [2.45, 2.75) is 98.3 Å². The molecule has 0 bridgehead atoms. The molecule has 3 heterocycles. The summed E-state index contributed by atoms with van der Waals surface area (Å²) < 4.78 is 54.6. The standard InChI is InChI=1S/C76H72N6/c1-50(2)53-37-38-78-72(42-53)82-68-36-33-51(48-77)39-67(68)65-28-19-18-27-64(65)66-35-34-59(47-71(66)82)81(58-25-16-13-17-26-58)61-45-57(76(9,10)11)44-60(46-61)79-49-80(70-32-21-20-31-69(70)79)73-62(52-23-14-12-15-24-52)29-22-30-63(73)54-40-55(74(3,4)5)43-56(41-54)75(6,7)8/h12-47,50H,49H2,1-11H3/i12D,14D,15D,23D,24D,50D. The zero-order valence-corrected chi connectivity index (χ0v) is 48.8. The number of anilines is 10. The summed E-state index contributed by atoms with van der Waals surface area (Å²) in [5, 5.41) is 10.3. The lowest BCUT2D eigenvalue weighted by atomic mass is 9.78. The molecule has 2 aliphatic rings. The molecule has 0 saturated carbocycles. The predicted octanol–water partition coefficient (Wildman–Crippen LogP) is 21.1. The maximum atomic E-state index is 10.3. The molecule has 1 aromatic heterocycles. The number of para-hydroxylation sites is 4. The Kier molecular flexibility index (Phi) is 11.8. The van der Waals surface area contributed by atoms with Crippen LogP contribution in [-0.4, -0.2) is 11.7 Å². The molecular formula is C76H72N6. The van der Waals surface area contributed by atoms with Gasteiger partial charge < -0.3 is 14.7 Å². The summed E-state index contributed by atoms with van der Waals surface area (Å²) in [6.07, 6.45) is 1.78. The molecule has 6 heteroatoms. The Labute approximate surface area is 494 Å². The Hall–Kier alpha value is -9.18. The van der Waals surface area contributed by atoms with Gasteiger partial charge in [-0.15, -0.1) is 0 Å². The summed E-state index contributed by atoms with van der Waals surface area (Å²) in [6.45, 7) is 24.1. The second-order valence-electron chi connectivity index (χ2n) is 25.0. The first-order valence-electron chi connectivity index (χ1n) is 31.3. The quantitative estimate of drug-likeness (QED) is 0.144. The fourth-order valence-corrected chi connectivity index (χ4v) is 11.5. The minimum atomic E-state index is -0.915. The van der Waals surface area contributed by atoms with Crippen LogP contribution in [0.5, 0.6) is 0 Å². The molecule has 12 rings (SSSR count). The third-order valence-corrected chi connectivity index (χ3v) is 16.1. The summed E-state index contributed by atoms with van der Waals surface area (Å²) in [7, 11) is 0. The van der Waals surface area contributed by atoms with Crippen molar-refractivity contribution in [1.29, 1.82) is 5.26 Å². The van der Waals surface area contributed by atoms with Crippen LogP contribution in [0.4, 0.5) is 57.0 Å². The Bertz CT molecular complexity index is 4400. The van der Waals surface area contributed by atoms with Crippen LogP contribution < -0.4 is 19.6 Å². The van der Waals surface area contributed by atoms with Crippen LogP contribution >= 0.6 is 0 Å². The average molecular weight is 1080 g/mol. The molecule has 6 nitrogen and oxygen atoms in total. The van der Waals surface area contributed by atoms with Crippen molar-refractivity contribution in [3.05, 3.63) is 246 Å². The number of nitriles is 1. The van der Waals surface area contributed by atoms with Gasteiger partial charge >= 0.3 is 0 Å². The molecule has 0 N–H and O–H groups in total. The summed E-state index contributed by atoms with van der Waals surface area (Å²) in [5.74, 6) is -0.273. The van der Waals surface area contributed by atoms with Crippen LogP contribution in [0, 0.1) is 11.3 Å². The smallest absolute Gasteiger partial charge is 0.137 e. The molecule has 0 aliphatic carbocycles. The molecular weight excluding hydrogens is 997 g/mol. The molecule has 406 valence electrons. The van der Waals surface area contributed by atoms with Gasteiger partial charge in [0.25, 0.3) is 0 Å². The van der Waals surface area contributed by atoms with Gasteiger partial charge in [-0.05, 0) is 152 Å². The minimum absolute atomic E-state index is 0.138. The van der Waals surface area contributed by atoms with Crippen LogP contribution in [0.2, 0.25) is 0 Å². The maximum absolute atomic E-state index is 10.3. The molecule has 0 saturated heterocycles. The molecule has 0 atom stereocenters. The van der Waals surface area contributed by atoms with E-state index in [1.807, 2.05) is 74.5 Å². The van der Waals surface area contributed by atoms with E-state index < -0.39 is 11.9 Å². The van der Waals surface area contributed by atoms with E-state index in [1.165, 1.54) is 0 Å². The molecule has 0 spiro atoms. The van der Waals surface area contributed by atoms with Gasteiger partial charge in [0.15, 0.2) is 0 Å². The molecule has 0 amide bonds. The number of fused-ring (bicyclic) bond motifs is 6. The third kappa shape index (κ3) is 9.89. The van der Waals surface area contributed by atoms with Crippen molar-refractivity contribution >= 4 is 57.0 Å². The number of nitrogens with zero attached hydrogens (tertiary/aromatic N) is 6. The van der Waals surface area contributed by atoms with Gasteiger partial charge in [0.05, 0.1) is 46.9 Å². The number of aromatic nitrogens is 1. The van der Waals surface area contributed by atoms with Crippen LogP contribution in [0.1, 0.15) is 118 Å². The summed E-state index contributed by atoms with van der Waals surface area (Å²) in [6, 6.07) is 63.7. The van der Waals surface area contributed by atoms with Gasteiger partial charge in [-0.25, -0.2) is 4.98 Å². The number of hydrogen-bond donors (Lipinski definition) is 0. The number of rotatable bonds is 9. The number of benzene rings is 9. The first-order valence-corrected chi connectivity index (χ1v) is 28.3. The second-order valence-corrected chi connectivity index (χ2v) is 25.0. The van der Waals surface area contributed by atoms with E-state index in [0.29, 0.717) is 23.6 Å². The number of hydrogen-bond acceptors (Lipinski definition) is 6.